The fraction of sp³-hybridized carbons (Fsp3) is 0.493. The van der Waals surface area contributed by atoms with E-state index in [-0.39, 0.29) is 37.7 Å². The monoisotopic (exact) mass is 1130 g/mol. The summed E-state index contributed by atoms with van der Waals surface area (Å²) < 4.78 is 16.3. The summed E-state index contributed by atoms with van der Waals surface area (Å²) in [7, 11) is 0. The molecule has 2 saturated heterocycles. The highest BCUT2D eigenvalue weighted by atomic mass is 16.6. The molecule has 0 aromatic heterocycles. The van der Waals surface area contributed by atoms with E-state index in [1.165, 1.54) is 0 Å². The lowest BCUT2D eigenvalue weighted by Crippen LogP contribution is -2.78. The van der Waals surface area contributed by atoms with Gasteiger partial charge in [-0.05, 0) is 154 Å². The van der Waals surface area contributed by atoms with E-state index in [0.29, 0.717) is 77.3 Å². The van der Waals surface area contributed by atoms with Crippen LogP contribution >= 0.6 is 0 Å². The lowest BCUT2D eigenvalue weighted by atomic mass is 9.26. The molecule has 2 heterocycles. The van der Waals surface area contributed by atoms with Crippen molar-refractivity contribution < 1.29 is 80.0 Å². The summed E-state index contributed by atoms with van der Waals surface area (Å²) in [6, 6.07) is 3.62. The Morgan fingerprint density at radius 2 is 1.47 bits per heavy atom. The SMILES string of the molecule is O=C(O)C1=c2ccc3c4c2=C2C5=C6C4[C@]47O[C@@]48C(=CC4=C9C8C6[C@@]68O[C@]6%10C6=C%11C%12=C8C5C5C8=C%13C%14=C%15C(C=C1C2[C@]%155O)CC(O)C%14=CC1C(O)CC2=C(C(C%128)[C@@]5(O)C%11C(=CC(O)C5C2)C(C(=O)O)C6C=C(CC4O)C9%10)[C@]%131O)C(C(=O)O)CC7C3O. The summed E-state index contributed by atoms with van der Waals surface area (Å²) in [4.78, 5) is 43.6. The van der Waals surface area contributed by atoms with Crippen LogP contribution in [0.1, 0.15) is 55.3 Å². The zero-order chi connectivity index (χ0) is 56.3. The highest BCUT2D eigenvalue weighted by molar-refractivity contribution is 6.17. The molecule has 11 N–H and O–H groups in total. The number of carbonyl (C=O) groups is 3. The number of hydrogen-bond donors (Lipinski definition) is 11. The molecular weight excluding hydrogens is 1080 g/mol. The van der Waals surface area contributed by atoms with Gasteiger partial charge in [0.1, 0.15) is 33.6 Å². The molecule has 422 valence electrons. The Bertz CT molecular complexity index is 4770. The summed E-state index contributed by atoms with van der Waals surface area (Å²) in [5, 5.41) is 147. The van der Waals surface area contributed by atoms with E-state index < -0.39 is 188 Å². The minimum atomic E-state index is -2.02. The molecule has 22 unspecified atom stereocenters. The summed E-state index contributed by atoms with van der Waals surface area (Å²) in [5.41, 5.74) is 3.93. The van der Waals surface area contributed by atoms with E-state index in [9.17, 15) is 60.3 Å². The maximum absolute atomic E-state index is 15.7. The van der Waals surface area contributed by atoms with Crippen molar-refractivity contribution >= 4 is 29.1 Å². The summed E-state index contributed by atoms with van der Waals surface area (Å²) >= 11 is 0. The molecule has 85 heavy (non-hydrogen) atoms. The average Bonchev–Trinajstić information content (AvgIpc) is 1.44. The number of aliphatic carboxylic acids is 3. The maximum atomic E-state index is 15.7. The van der Waals surface area contributed by atoms with Gasteiger partial charge >= 0.3 is 17.9 Å². The van der Waals surface area contributed by atoms with Crippen LogP contribution in [0.25, 0.3) is 11.1 Å². The second-order valence-electron chi connectivity index (χ2n) is 30.9. The van der Waals surface area contributed by atoms with Crippen LogP contribution in [0.2, 0.25) is 0 Å². The summed E-state index contributed by atoms with van der Waals surface area (Å²) in [6.07, 6.45) is 3.84. The molecule has 26 rings (SSSR count). The number of hydrogen-bond acceptors (Lipinski definition) is 13. The smallest absolute Gasteiger partial charge is 0.336 e. The van der Waals surface area contributed by atoms with Crippen LogP contribution in [-0.4, -0.2) is 138 Å². The zero-order valence-electron chi connectivity index (χ0n) is 44.7. The molecule has 2 aliphatic heterocycles. The molecule has 1 aromatic rings. The molecule has 1 aromatic carbocycles. The minimum Gasteiger partial charge on any atom is -0.481 e. The molecule has 29 atom stereocenters. The lowest BCUT2D eigenvalue weighted by molar-refractivity contribution is -0.173. The molecule has 0 bridgehead atoms. The van der Waals surface area contributed by atoms with Gasteiger partial charge in [-0.3, -0.25) is 9.59 Å². The molecule has 16 nitrogen and oxygen atoms in total. The Morgan fingerprint density at radius 3 is 2.27 bits per heavy atom. The fourth-order valence-electron chi connectivity index (χ4n) is 28.9. The molecule has 25 aliphatic rings. The fourth-order valence-corrected chi connectivity index (χ4v) is 28.9. The van der Waals surface area contributed by atoms with Crippen molar-refractivity contribution in [2.24, 2.45) is 94.7 Å². The van der Waals surface area contributed by atoms with Crippen molar-refractivity contribution in [1.29, 1.82) is 0 Å². The average molecular weight is 1140 g/mol. The second kappa shape index (κ2) is 11.5. The third kappa shape index (κ3) is 3.33. The van der Waals surface area contributed by atoms with Crippen molar-refractivity contribution in [1.82, 2.24) is 0 Å². The normalized spacial score (nSPS) is 57.7. The Morgan fingerprint density at radius 1 is 0.647 bits per heavy atom. The summed E-state index contributed by atoms with van der Waals surface area (Å²) in [6.45, 7) is 0. The van der Waals surface area contributed by atoms with Gasteiger partial charge in [-0.2, -0.15) is 0 Å². The van der Waals surface area contributed by atoms with Crippen LogP contribution in [0.3, 0.4) is 0 Å². The Balaban J connectivity index is 0.948. The molecule has 7 fully saturated rings. The third-order valence-electron chi connectivity index (χ3n) is 29.8. The Hall–Kier alpha value is -6.15. The van der Waals surface area contributed by atoms with Crippen LogP contribution in [0, 0.1) is 94.7 Å². The Labute approximate surface area is 479 Å². The molecular formula is C69H50O16. The van der Waals surface area contributed by atoms with Gasteiger partial charge in [0.2, 0.25) is 0 Å². The van der Waals surface area contributed by atoms with Gasteiger partial charge in [-0.1, -0.05) is 53.7 Å². The van der Waals surface area contributed by atoms with Gasteiger partial charge in [0, 0.05) is 88.8 Å². The minimum absolute atomic E-state index is 0.00933. The molecule has 23 aliphatic carbocycles. The predicted molar refractivity (Wildman–Crippen MR) is 284 cm³/mol. The van der Waals surface area contributed by atoms with Crippen LogP contribution in [0.4, 0.5) is 0 Å². The number of allylic oxidation sites excluding steroid dienone is 4. The molecule has 0 radical (unpaired) electrons. The quantitative estimate of drug-likeness (QED) is 0.148. The van der Waals surface area contributed by atoms with Crippen LogP contribution in [0.15, 0.2) is 148 Å². The summed E-state index contributed by atoms with van der Waals surface area (Å²) in [5.74, 6) is -18.4. The Kier molecular flexibility index (Phi) is 6.00. The number of carboxylic acids is 3. The predicted octanol–water partition coefficient (Wildman–Crippen LogP) is 0.842. The van der Waals surface area contributed by atoms with Crippen molar-refractivity contribution in [3.05, 3.63) is 170 Å². The first-order valence-corrected chi connectivity index (χ1v) is 31.2. The van der Waals surface area contributed by atoms with Crippen LogP contribution in [-0.2, 0) is 23.9 Å². The second-order valence-corrected chi connectivity index (χ2v) is 30.9. The highest BCUT2D eigenvalue weighted by Crippen LogP contribution is 2.95. The van der Waals surface area contributed by atoms with Gasteiger partial charge in [-0.15, -0.1) is 0 Å². The van der Waals surface area contributed by atoms with E-state index in [1.807, 2.05) is 24.3 Å². The van der Waals surface area contributed by atoms with Gasteiger partial charge in [-0.25, -0.2) is 4.79 Å². The van der Waals surface area contributed by atoms with Crippen molar-refractivity contribution in [2.75, 3.05) is 0 Å². The van der Waals surface area contributed by atoms with E-state index in [4.69, 9.17) is 9.47 Å². The van der Waals surface area contributed by atoms with Crippen LogP contribution in [0.5, 0.6) is 0 Å². The largest absolute Gasteiger partial charge is 0.481 e. The van der Waals surface area contributed by atoms with E-state index >= 15 is 10.2 Å². The van der Waals surface area contributed by atoms with Gasteiger partial charge < -0.3 is 65.6 Å². The number of epoxide rings is 2. The van der Waals surface area contributed by atoms with Gasteiger partial charge in [0.05, 0.1) is 53.5 Å². The van der Waals surface area contributed by atoms with Gasteiger partial charge in [0.25, 0.3) is 0 Å². The maximum Gasteiger partial charge on any atom is 0.336 e. The number of aliphatic hydroxyl groups is 8. The van der Waals surface area contributed by atoms with Crippen molar-refractivity contribution in [3.8, 4) is 0 Å². The number of benzene rings is 1. The van der Waals surface area contributed by atoms with E-state index in [0.717, 1.165) is 55.7 Å². The standard InChI is InChI=1S/C69H50O16/c70-28-6-13-3-21-32(61(77)78)16-1-2-17-35-34(16)39-38-42-53-45-41-40-44-50-23(12-31(73)25-5-15-8-30(72)26-11-20(28)36(46(13)65(53,83)49(21)39)52(45)63(26,81)48(15)56(41)64(25,50)82)33(62(79)80)22-4-14-7-29(71)19-10-24-18(60(75)76)9-27(59(17)74)67-54(35)43(38)58-57(66(24,67)84-67)37(19)47(14)68(51(22)44)69(58,85-68)55(40)42/h1-4,10-13,18,22,25-31,33,41-42,47,49-50,53-54,56-59,70-74,81-83H,5-9H2,(H,75,76)(H,77,78)(H,79,80)/t13?,18?,22?,25?,26?,27?,28?,29?,30?,31?,33?,41?,42?,47?,49?,50?,53?,54?,56?,57?,58?,59?,63-,64-,65+,66+,67-,68+,69+/m0/s1. The highest BCUT2D eigenvalue weighted by Gasteiger charge is 3.00. The van der Waals surface area contributed by atoms with Crippen molar-refractivity contribution in [2.45, 2.75) is 108 Å². The number of rotatable bonds is 3. The lowest BCUT2D eigenvalue weighted by Gasteiger charge is -2.76. The third-order valence-corrected chi connectivity index (χ3v) is 29.8. The van der Waals surface area contributed by atoms with E-state index in [2.05, 4.69) is 6.08 Å². The number of aliphatic hydroxyl groups excluding tert-OH is 5. The van der Waals surface area contributed by atoms with Gasteiger partial charge in [0.15, 0.2) is 0 Å². The zero-order valence-corrected chi connectivity index (χ0v) is 44.7. The molecule has 5 saturated carbocycles. The first kappa shape index (κ1) is 44.3. The first-order valence-electron chi connectivity index (χ1n) is 31.2. The van der Waals surface area contributed by atoms with Crippen LogP contribution < -0.4 is 10.4 Å². The number of ether oxygens (including phenoxy) is 2. The first-order chi connectivity index (χ1) is 40.8. The topological polar surface area (TPSA) is 299 Å². The van der Waals surface area contributed by atoms with E-state index in [1.54, 1.807) is 12.1 Å². The number of carboxylic acid groups (broad SMARTS) is 3. The van der Waals surface area contributed by atoms with Crippen molar-refractivity contribution in [3.63, 3.8) is 0 Å². The molecule has 4 spiro atoms. The molecule has 16 heteroatoms. The molecule has 0 amide bonds.